The van der Waals surface area contributed by atoms with Crippen LogP contribution in [0, 0.1) is 22.0 Å². The molecule has 3 aromatic rings. The Morgan fingerprint density at radius 2 is 1.82 bits per heavy atom. The number of aromatic nitrogens is 3. The largest absolute Gasteiger partial charge is 0.370 e. The summed E-state index contributed by atoms with van der Waals surface area (Å²) in [6, 6.07) is 15.1. The SMILES string of the molecule is CC(C)CN(CC(C)C)c1ccc([N+](=O)[O-])cc1C=Nn1cnnc1SCc1ccccc1. The summed E-state index contributed by atoms with van der Waals surface area (Å²) in [6.07, 6.45) is 3.20. The maximum atomic E-state index is 11.4. The van der Waals surface area contributed by atoms with Gasteiger partial charge in [0.15, 0.2) is 0 Å². The average molecular weight is 467 g/mol. The van der Waals surface area contributed by atoms with Gasteiger partial charge in [-0.1, -0.05) is 69.8 Å². The van der Waals surface area contributed by atoms with Gasteiger partial charge in [0.25, 0.3) is 5.69 Å². The third kappa shape index (κ3) is 7.15. The van der Waals surface area contributed by atoms with Crippen molar-refractivity contribution in [3.63, 3.8) is 0 Å². The van der Waals surface area contributed by atoms with E-state index < -0.39 is 0 Å². The Kier molecular flexibility index (Phi) is 8.59. The number of nitrogens with zero attached hydrogens (tertiary/aromatic N) is 6. The van der Waals surface area contributed by atoms with Crippen LogP contribution in [0.15, 0.2) is 65.1 Å². The number of nitro groups is 1. The van der Waals surface area contributed by atoms with Crippen LogP contribution in [0.4, 0.5) is 11.4 Å². The van der Waals surface area contributed by atoms with E-state index in [0.717, 1.165) is 24.5 Å². The highest BCUT2D eigenvalue weighted by Crippen LogP contribution is 2.27. The summed E-state index contributed by atoms with van der Waals surface area (Å²) in [6.45, 7) is 10.4. The third-order valence-corrected chi connectivity index (χ3v) is 5.77. The van der Waals surface area contributed by atoms with Crippen molar-refractivity contribution in [2.45, 2.75) is 38.6 Å². The van der Waals surface area contributed by atoms with Gasteiger partial charge in [0.05, 0.1) is 11.1 Å². The zero-order valence-electron chi connectivity index (χ0n) is 19.5. The van der Waals surface area contributed by atoms with Crippen molar-refractivity contribution in [1.82, 2.24) is 14.9 Å². The number of hydrogen-bond acceptors (Lipinski definition) is 7. The van der Waals surface area contributed by atoms with E-state index in [1.54, 1.807) is 29.4 Å². The quantitative estimate of drug-likeness (QED) is 0.161. The summed E-state index contributed by atoms with van der Waals surface area (Å²) < 4.78 is 1.60. The molecule has 0 N–H and O–H groups in total. The van der Waals surface area contributed by atoms with Crippen LogP contribution < -0.4 is 4.90 Å². The Bertz CT molecular complexity index is 1070. The Morgan fingerprint density at radius 3 is 2.45 bits per heavy atom. The molecule has 0 spiro atoms. The maximum Gasteiger partial charge on any atom is 0.270 e. The molecule has 1 aromatic heterocycles. The van der Waals surface area contributed by atoms with Gasteiger partial charge in [0, 0.05) is 42.2 Å². The van der Waals surface area contributed by atoms with Gasteiger partial charge in [-0.15, -0.1) is 10.2 Å². The number of rotatable bonds is 11. The van der Waals surface area contributed by atoms with Gasteiger partial charge >= 0.3 is 0 Å². The van der Waals surface area contributed by atoms with Crippen LogP contribution >= 0.6 is 11.8 Å². The fraction of sp³-hybridized carbons (Fsp3) is 0.375. The number of thioether (sulfide) groups is 1. The molecular formula is C24H30N6O2S. The van der Waals surface area contributed by atoms with E-state index in [4.69, 9.17) is 0 Å². The molecule has 3 rings (SSSR count). The molecule has 0 fully saturated rings. The fourth-order valence-corrected chi connectivity index (χ4v) is 4.26. The van der Waals surface area contributed by atoms with Gasteiger partial charge in [-0.3, -0.25) is 10.1 Å². The molecule has 0 saturated heterocycles. The highest BCUT2D eigenvalue weighted by molar-refractivity contribution is 7.98. The Labute approximate surface area is 198 Å². The van der Waals surface area contributed by atoms with E-state index in [-0.39, 0.29) is 10.6 Å². The summed E-state index contributed by atoms with van der Waals surface area (Å²) in [4.78, 5) is 13.3. The number of benzene rings is 2. The van der Waals surface area contributed by atoms with Gasteiger partial charge in [-0.05, 0) is 23.5 Å². The summed E-state index contributed by atoms with van der Waals surface area (Å²) in [5.74, 6) is 1.64. The van der Waals surface area contributed by atoms with Crippen molar-refractivity contribution in [3.05, 3.63) is 76.1 Å². The lowest BCUT2D eigenvalue weighted by Crippen LogP contribution is -2.32. The number of anilines is 1. The van der Waals surface area contributed by atoms with Crippen LogP contribution in [-0.4, -0.2) is 39.1 Å². The molecule has 174 valence electrons. The van der Waals surface area contributed by atoms with Crippen molar-refractivity contribution in [1.29, 1.82) is 0 Å². The number of nitro benzene ring substituents is 1. The minimum Gasteiger partial charge on any atom is -0.370 e. The molecule has 0 aliphatic carbocycles. The van der Waals surface area contributed by atoms with Crippen molar-refractivity contribution >= 4 is 29.4 Å². The van der Waals surface area contributed by atoms with E-state index >= 15 is 0 Å². The first-order valence-electron chi connectivity index (χ1n) is 11.0. The van der Waals surface area contributed by atoms with Crippen molar-refractivity contribution in [2.24, 2.45) is 16.9 Å². The Hall–Kier alpha value is -3.20. The molecule has 2 aromatic carbocycles. The molecule has 1 heterocycles. The number of non-ortho nitro benzene ring substituents is 1. The Morgan fingerprint density at radius 1 is 1.12 bits per heavy atom. The minimum absolute atomic E-state index is 0.0386. The zero-order valence-corrected chi connectivity index (χ0v) is 20.3. The molecule has 0 radical (unpaired) electrons. The summed E-state index contributed by atoms with van der Waals surface area (Å²) in [5, 5.41) is 24.8. The predicted molar refractivity (Wildman–Crippen MR) is 134 cm³/mol. The first kappa shape index (κ1) is 24.4. The molecule has 0 aliphatic heterocycles. The van der Waals surface area contributed by atoms with Gasteiger partial charge in [-0.2, -0.15) is 9.78 Å². The monoisotopic (exact) mass is 466 g/mol. The second-order valence-electron chi connectivity index (χ2n) is 8.67. The second kappa shape index (κ2) is 11.6. The number of hydrogen-bond donors (Lipinski definition) is 0. The lowest BCUT2D eigenvalue weighted by Gasteiger charge is -2.29. The van der Waals surface area contributed by atoms with E-state index in [1.165, 1.54) is 17.3 Å². The lowest BCUT2D eigenvalue weighted by molar-refractivity contribution is -0.384. The van der Waals surface area contributed by atoms with Gasteiger partial charge < -0.3 is 4.90 Å². The highest BCUT2D eigenvalue weighted by atomic mass is 32.2. The van der Waals surface area contributed by atoms with Crippen LogP contribution in [0.3, 0.4) is 0 Å². The lowest BCUT2D eigenvalue weighted by atomic mass is 10.1. The normalized spacial score (nSPS) is 11.6. The summed E-state index contributed by atoms with van der Waals surface area (Å²) in [7, 11) is 0. The van der Waals surface area contributed by atoms with Crippen molar-refractivity contribution in [2.75, 3.05) is 18.0 Å². The first-order valence-corrected chi connectivity index (χ1v) is 12.0. The van der Waals surface area contributed by atoms with Crippen molar-refractivity contribution in [3.8, 4) is 0 Å². The molecule has 0 aliphatic rings. The van der Waals surface area contributed by atoms with Crippen LogP contribution in [0.25, 0.3) is 0 Å². The van der Waals surface area contributed by atoms with Gasteiger partial charge in [-0.25, -0.2) is 0 Å². The predicted octanol–water partition coefficient (Wildman–Crippen LogP) is 5.48. The van der Waals surface area contributed by atoms with E-state index in [9.17, 15) is 10.1 Å². The third-order valence-electron chi connectivity index (χ3n) is 4.77. The second-order valence-corrected chi connectivity index (χ2v) is 9.61. The molecule has 0 amide bonds. The van der Waals surface area contributed by atoms with Crippen LogP contribution in [-0.2, 0) is 5.75 Å². The first-order chi connectivity index (χ1) is 15.8. The molecule has 0 atom stereocenters. The maximum absolute atomic E-state index is 11.4. The van der Waals surface area contributed by atoms with Crippen molar-refractivity contribution < 1.29 is 4.92 Å². The fourth-order valence-electron chi connectivity index (χ4n) is 3.44. The molecule has 8 nitrogen and oxygen atoms in total. The summed E-state index contributed by atoms with van der Waals surface area (Å²) >= 11 is 1.53. The van der Waals surface area contributed by atoms with E-state index in [1.807, 2.05) is 24.3 Å². The minimum atomic E-state index is -0.379. The molecule has 0 saturated carbocycles. The van der Waals surface area contributed by atoms with Crippen LogP contribution in [0.2, 0.25) is 0 Å². The smallest absolute Gasteiger partial charge is 0.270 e. The molecule has 0 bridgehead atoms. The zero-order chi connectivity index (χ0) is 23.8. The molecule has 33 heavy (non-hydrogen) atoms. The van der Waals surface area contributed by atoms with E-state index in [2.05, 4.69) is 60.0 Å². The Balaban J connectivity index is 1.89. The van der Waals surface area contributed by atoms with Crippen LogP contribution in [0.5, 0.6) is 0 Å². The molecule has 9 heteroatoms. The van der Waals surface area contributed by atoms with Crippen LogP contribution in [0.1, 0.15) is 38.8 Å². The summed E-state index contributed by atoms with van der Waals surface area (Å²) in [5.41, 5.74) is 2.84. The highest BCUT2D eigenvalue weighted by Gasteiger charge is 2.17. The van der Waals surface area contributed by atoms with Gasteiger partial charge in [0.2, 0.25) is 5.16 Å². The standard InChI is InChI=1S/C24H30N6O2S/c1-18(2)14-28(15-19(3)4)23-11-10-22(30(31)32)12-21(23)13-26-29-17-25-27-24(29)33-16-20-8-6-5-7-9-20/h5-13,17-19H,14-16H2,1-4H3. The average Bonchev–Trinajstić information content (AvgIpc) is 3.23. The molecular weight excluding hydrogens is 436 g/mol. The van der Waals surface area contributed by atoms with Gasteiger partial charge in [0.1, 0.15) is 6.33 Å². The van der Waals surface area contributed by atoms with E-state index in [0.29, 0.717) is 22.6 Å². The molecule has 0 unspecified atom stereocenters. The topological polar surface area (TPSA) is 89.5 Å².